The van der Waals surface area contributed by atoms with Crippen LogP contribution in [-0.4, -0.2) is 7.85 Å². The molecule has 12 heavy (non-hydrogen) atoms. The quantitative estimate of drug-likeness (QED) is 0.550. The van der Waals surface area contributed by atoms with Crippen LogP contribution in [0.15, 0.2) is 18.2 Å². The van der Waals surface area contributed by atoms with E-state index in [0.29, 0.717) is 0 Å². The maximum atomic E-state index is 12.1. The standard InChI is InChI=1S/C7H3BClF3/c8-6-3-4(9)1-2-5(6)7(10,11)12/h1-3H. The molecule has 0 amide bonds. The van der Waals surface area contributed by atoms with Gasteiger partial charge >= 0.3 is 6.18 Å². The van der Waals surface area contributed by atoms with E-state index in [9.17, 15) is 13.2 Å². The molecule has 0 saturated carbocycles. The summed E-state index contributed by atoms with van der Waals surface area (Å²) in [6.07, 6.45) is -4.41. The molecule has 0 heterocycles. The molecule has 0 N–H and O–H groups in total. The van der Waals surface area contributed by atoms with Crippen LogP contribution in [-0.2, 0) is 6.18 Å². The Morgan fingerprint density at radius 1 is 1.25 bits per heavy atom. The predicted molar refractivity (Wildman–Crippen MR) is 41.8 cm³/mol. The molecule has 2 radical (unpaired) electrons. The van der Waals surface area contributed by atoms with Crippen molar-refractivity contribution >= 4 is 24.9 Å². The molecule has 0 unspecified atom stereocenters. The number of benzene rings is 1. The minimum atomic E-state index is -4.41. The van der Waals surface area contributed by atoms with Gasteiger partial charge in [-0.15, -0.1) is 0 Å². The van der Waals surface area contributed by atoms with Gasteiger partial charge in [-0.25, -0.2) is 0 Å². The Labute approximate surface area is 73.7 Å². The molecule has 0 aromatic heterocycles. The Hall–Kier alpha value is -0.635. The minimum Gasteiger partial charge on any atom is -0.166 e. The molecule has 1 rings (SSSR count). The third kappa shape index (κ3) is 1.94. The lowest BCUT2D eigenvalue weighted by molar-refractivity contribution is -0.136. The van der Waals surface area contributed by atoms with Gasteiger partial charge in [0.15, 0.2) is 0 Å². The van der Waals surface area contributed by atoms with E-state index in [1.807, 2.05) is 0 Å². The minimum absolute atomic E-state index is 0.195. The molecular formula is C7H3BClF3. The summed E-state index contributed by atoms with van der Waals surface area (Å²) in [5, 5.41) is 0.195. The van der Waals surface area contributed by atoms with Crippen LogP contribution >= 0.6 is 11.6 Å². The molecule has 1 aromatic rings. The van der Waals surface area contributed by atoms with Crippen molar-refractivity contribution in [2.24, 2.45) is 0 Å². The van der Waals surface area contributed by atoms with Gasteiger partial charge < -0.3 is 0 Å². The smallest absolute Gasteiger partial charge is 0.166 e. The summed E-state index contributed by atoms with van der Waals surface area (Å²) in [6, 6.07) is 3.09. The largest absolute Gasteiger partial charge is 0.415 e. The molecule has 0 aliphatic heterocycles. The topological polar surface area (TPSA) is 0 Å². The fourth-order valence-electron chi connectivity index (χ4n) is 0.792. The summed E-state index contributed by atoms with van der Waals surface area (Å²) in [6.45, 7) is 0. The number of rotatable bonds is 0. The van der Waals surface area contributed by atoms with Gasteiger partial charge in [0.2, 0.25) is 0 Å². The van der Waals surface area contributed by atoms with Crippen LogP contribution in [0.1, 0.15) is 5.56 Å². The highest BCUT2D eigenvalue weighted by atomic mass is 35.5. The van der Waals surface area contributed by atoms with Crippen LogP contribution in [0.5, 0.6) is 0 Å². The van der Waals surface area contributed by atoms with Gasteiger partial charge in [-0.05, 0) is 18.2 Å². The molecular weight excluding hydrogens is 187 g/mol. The average Bonchev–Trinajstić information content (AvgIpc) is 1.83. The van der Waals surface area contributed by atoms with Gasteiger partial charge in [0.05, 0.1) is 0 Å². The molecule has 0 aliphatic carbocycles. The van der Waals surface area contributed by atoms with E-state index in [-0.39, 0.29) is 10.5 Å². The van der Waals surface area contributed by atoms with Crippen molar-refractivity contribution < 1.29 is 13.2 Å². The van der Waals surface area contributed by atoms with E-state index in [1.54, 1.807) is 0 Å². The first kappa shape index (κ1) is 9.45. The third-order valence-corrected chi connectivity index (χ3v) is 1.55. The van der Waals surface area contributed by atoms with E-state index in [4.69, 9.17) is 19.4 Å². The number of hydrogen-bond acceptors (Lipinski definition) is 0. The molecule has 5 heteroatoms. The first-order chi connectivity index (χ1) is 5.41. The highest BCUT2D eigenvalue weighted by Crippen LogP contribution is 2.28. The Morgan fingerprint density at radius 2 is 1.83 bits per heavy atom. The van der Waals surface area contributed by atoms with Crippen molar-refractivity contribution in [2.45, 2.75) is 6.18 Å². The zero-order chi connectivity index (χ0) is 9.35. The second kappa shape index (κ2) is 3.01. The second-order valence-electron chi connectivity index (χ2n) is 2.23. The summed E-state index contributed by atoms with van der Waals surface area (Å²) in [7, 11) is 5.10. The van der Waals surface area contributed by atoms with E-state index in [0.717, 1.165) is 18.2 Å². The summed E-state index contributed by atoms with van der Waals surface area (Å²) < 4.78 is 36.2. The van der Waals surface area contributed by atoms with Gasteiger partial charge in [0.1, 0.15) is 7.85 Å². The third-order valence-electron chi connectivity index (χ3n) is 1.32. The van der Waals surface area contributed by atoms with Crippen LogP contribution < -0.4 is 5.46 Å². The molecule has 0 nitrogen and oxygen atoms in total. The van der Waals surface area contributed by atoms with Crippen molar-refractivity contribution in [2.75, 3.05) is 0 Å². The van der Waals surface area contributed by atoms with E-state index in [1.165, 1.54) is 0 Å². The van der Waals surface area contributed by atoms with E-state index < -0.39 is 11.7 Å². The Morgan fingerprint density at radius 3 is 2.25 bits per heavy atom. The van der Waals surface area contributed by atoms with Crippen LogP contribution in [0.4, 0.5) is 13.2 Å². The van der Waals surface area contributed by atoms with Crippen LogP contribution in [0.2, 0.25) is 5.02 Å². The lowest BCUT2D eigenvalue weighted by atomic mass is 9.90. The molecule has 0 spiro atoms. The van der Waals surface area contributed by atoms with Gasteiger partial charge in [0, 0.05) is 10.6 Å². The molecule has 0 saturated heterocycles. The van der Waals surface area contributed by atoms with Gasteiger partial charge in [-0.3, -0.25) is 0 Å². The van der Waals surface area contributed by atoms with Crippen molar-refractivity contribution in [3.05, 3.63) is 28.8 Å². The van der Waals surface area contributed by atoms with E-state index >= 15 is 0 Å². The predicted octanol–water partition coefficient (Wildman–Crippen LogP) is 2.15. The normalized spacial score (nSPS) is 11.7. The monoisotopic (exact) mass is 190 g/mol. The molecule has 62 valence electrons. The average molecular weight is 190 g/mol. The van der Waals surface area contributed by atoms with Crippen molar-refractivity contribution in [3.8, 4) is 0 Å². The Kier molecular flexibility index (Phi) is 2.37. The zero-order valence-corrected chi connectivity index (χ0v) is 6.58. The fraction of sp³-hybridized carbons (Fsp3) is 0.143. The highest BCUT2D eigenvalue weighted by Gasteiger charge is 2.31. The van der Waals surface area contributed by atoms with Crippen LogP contribution in [0, 0.1) is 0 Å². The number of alkyl halides is 3. The summed E-state index contributed by atoms with van der Waals surface area (Å²) in [4.78, 5) is 0. The van der Waals surface area contributed by atoms with Gasteiger partial charge in [-0.1, -0.05) is 17.1 Å². The number of halogens is 4. The van der Waals surface area contributed by atoms with Crippen molar-refractivity contribution in [1.29, 1.82) is 0 Å². The molecule has 0 atom stereocenters. The van der Waals surface area contributed by atoms with Crippen molar-refractivity contribution in [1.82, 2.24) is 0 Å². The van der Waals surface area contributed by atoms with Gasteiger partial charge in [-0.2, -0.15) is 13.2 Å². The second-order valence-corrected chi connectivity index (χ2v) is 2.67. The van der Waals surface area contributed by atoms with Gasteiger partial charge in [0.25, 0.3) is 0 Å². The Bertz CT molecular complexity index is 295. The molecule has 1 aromatic carbocycles. The summed E-state index contributed by atoms with van der Waals surface area (Å²) in [5.74, 6) is 0. The summed E-state index contributed by atoms with van der Waals surface area (Å²) in [5.41, 5.74) is -1.21. The van der Waals surface area contributed by atoms with Crippen LogP contribution in [0.25, 0.3) is 0 Å². The molecule has 0 aliphatic rings. The van der Waals surface area contributed by atoms with Crippen LogP contribution in [0.3, 0.4) is 0 Å². The SMILES string of the molecule is [B]c1cc(Cl)ccc1C(F)(F)F. The zero-order valence-electron chi connectivity index (χ0n) is 5.82. The molecule has 0 fully saturated rings. The highest BCUT2D eigenvalue weighted by molar-refractivity contribution is 6.36. The first-order valence-electron chi connectivity index (χ1n) is 3.03. The maximum Gasteiger partial charge on any atom is 0.415 e. The fourth-order valence-corrected chi connectivity index (χ4v) is 0.972. The van der Waals surface area contributed by atoms with Crippen molar-refractivity contribution in [3.63, 3.8) is 0 Å². The first-order valence-corrected chi connectivity index (χ1v) is 3.41. The maximum absolute atomic E-state index is 12.1. The lowest BCUT2D eigenvalue weighted by Crippen LogP contribution is -2.19. The van der Waals surface area contributed by atoms with E-state index in [2.05, 4.69) is 0 Å². The lowest BCUT2D eigenvalue weighted by Gasteiger charge is -2.09. The molecule has 0 bridgehead atoms. The Balaban J connectivity index is 3.19. The number of hydrogen-bond donors (Lipinski definition) is 0. The summed E-state index contributed by atoms with van der Waals surface area (Å²) >= 11 is 5.42.